The summed E-state index contributed by atoms with van der Waals surface area (Å²) in [5, 5.41) is 5.24. The van der Waals surface area contributed by atoms with Gasteiger partial charge in [-0.05, 0) is 60.2 Å². The lowest BCUT2D eigenvalue weighted by atomic mass is 9.91. The Bertz CT molecular complexity index is 1200. The number of rotatable bonds is 4. The largest absolute Gasteiger partial charge is 0.334 e. The Kier molecular flexibility index (Phi) is 5.06. The highest BCUT2D eigenvalue weighted by Gasteiger charge is 2.25. The van der Waals surface area contributed by atoms with Crippen molar-refractivity contribution in [3.8, 4) is 10.4 Å². The smallest absolute Gasteiger partial charge is 0.264 e. The lowest BCUT2D eigenvalue weighted by molar-refractivity contribution is 0.0747. The van der Waals surface area contributed by atoms with Gasteiger partial charge in [-0.25, -0.2) is 13.6 Å². The summed E-state index contributed by atoms with van der Waals surface area (Å²) in [7, 11) is -2.05. The van der Waals surface area contributed by atoms with Gasteiger partial charge in [0.2, 0.25) is 10.0 Å². The van der Waals surface area contributed by atoms with Crippen molar-refractivity contribution in [2.45, 2.75) is 30.7 Å². The average molecular weight is 427 g/mol. The number of hydrogen-bond acceptors (Lipinski definition) is 4. The van der Waals surface area contributed by atoms with Crippen molar-refractivity contribution in [2.75, 3.05) is 7.05 Å². The number of hydrogen-bond donors (Lipinski definition) is 1. The number of benzene rings is 2. The van der Waals surface area contributed by atoms with Crippen LogP contribution in [0.1, 0.15) is 39.3 Å². The van der Waals surface area contributed by atoms with Crippen molar-refractivity contribution in [1.29, 1.82) is 0 Å². The quantitative estimate of drug-likeness (QED) is 0.685. The highest BCUT2D eigenvalue weighted by Crippen LogP contribution is 2.40. The zero-order valence-electron chi connectivity index (χ0n) is 16.3. The maximum Gasteiger partial charge on any atom is 0.264 e. The first kappa shape index (κ1) is 19.8. The molecule has 0 spiro atoms. The second kappa shape index (κ2) is 7.40. The molecule has 0 fully saturated rings. The van der Waals surface area contributed by atoms with Gasteiger partial charge in [0.25, 0.3) is 5.91 Å². The van der Waals surface area contributed by atoms with Crippen LogP contribution >= 0.6 is 11.3 Å². The number of carbonyl (C=O) groups excluding carboxylic acids is 1. The van der Waals surface area contributed by atoms with Gasteiger partial charge in [0, 0.05) is 11.9 Å². The molecule has 0 saturated carbocycles. The van der Waals surface area contributed by atoms with Crippen LogP contribution < -0.4 is 5.14 Å². The fourth-order valence-corrected chi connectivity index (χ4v) is 5.52. The molecule has 3 aromatic rings. The minimum atomic E-state index is -3.79. The third kappa shape index (κ3) is 3.73. The van der Waals surface area contributed by atoms with Crippen molar-refractivity contribution in [3.63, 3.8) is 0 Å². The number of carbonyl (C=O) groups is 1. The molecule has 2 aromatic carbocycles. The topological polar surface area (TPSA) is 80.5 Å². The molecule has 1 aromatic heterocycles. The van der Waals surface area contributed by atoms with Crippen molar-refractivity contribution >= 4 is 27.3 Å². The van der Waals surface area contributed by atoms with Gasteiger partial charge < -0.3 is 4.90 Å². The predicted molar refractivity (Wildman–Crippen MR) is 115 cm³/mol. The van der Waals surface area contributed by atoms with E-state index in [0.29, 0.717) is 4.88 Å². The molecule has 0 aliphatic heterocycles. The first-order valence-electron chi connectivity index (χ1n) is 9.36. The van der Waals surface area contributed by atoms with E-state index >= 15 is 0 Å². The Morgan fingerprint density at radius 1 is 1.07 bits per heavy atom. The molecule has 4 rings (SSSR count). The maximum absolute atomic E-state index is 13.2. The van der Waals surface area contributed by atoms with E-state index in [1.165, 1.54) is 45.0 Å². The van der Waals surface area contributed by atoms with Crippen LogP contribution in [-0.2, 0) is 22.9 Å². The normalized spacial score (nSPS) is 14.0. The molecular weight excluding hydrogens is 404 g/mol. The van der Waals surface area contributed by atoms with Gasteiger partial charge in [0.05, 0.1) is 15.8 Å². The molecule has 0 bridgehead atoms. The SMILES string of the molecule is CC(c1cccc(S(N)(=O)=O)c1)N(C)C(=O)c1cc2c(s1)-c1ccccc1CC2. The Labute approximate surface area is 174 Å². The Morgan fingerprint density at radius 3 is 2.55 bits per heavy atom. The molecule has 1 heterocycles. The fourth-order valence-electron chi connectivity index (χ4n) is 3.70. The summed E-state index contributed by atoms with van der Waals surface area (Å²) in [6.45, 7) is 1.88. The third-order valence-corrected chi connectivity index (χ3v) is 7.63. The third-order valence-electron chi connectivity index (χ3n) is 5.52. The van der Waals surface area contributed by atoms with E-state index in [4.69, 9.17) is 5.14 Å². The minimum Gasteiger partial charge on any atom is -0.334 e. The summed E-state index contributed by atoms with van der Waals surface area (Å²) >= 11 is 1.53. The summed E-state index contributed by atoms with van der Waals surface area (Å²) in [5.41, 5.74) is 4.48. The maximum atomic E-state index is 13.2. The average Bonchev–Trinajstić information content (AvgIpc) is 3.16. The molecule has 1 unspecified atom stereocenters. The number of sulfonamides is 1. The van der Waals surface area contributed by atoms with E-state index in [9.17, 15) is 13.2 Å². The van der Waals surface area contributed by atoms with E-state index in [1.807, 2.05) is 19.1 Å². The van der Waals surface area contributed by atoms with Gasteiger partial charge in [-0.3, -0.25) is 4.79 Å². The molecule has 7 heteroatoms. The Morgan fingerprint density at radius 2 is 1.79 bits per heavy atom. The van der Waals surface area contributed by atoms with Crippen LogP contribution in [0.15, 0.2) is 59.5 Å². The number of primary sulfonamides is 1. The van der Waals surface area contributed by atoms with Gasteiger partial charge in [-0.2, -0.15) is 0 Å². The number of fused-ring (bicyclic) bond motifs is 3. The highest BCUT2D eigenvalue weighted by atomic mass is 32.2. The molecular formula is C22H22N2O3S2. The van der Waals surface area contributed by atoms with Crippen LogP contribution in [0.3, 0.4) is 0 Å². The molecule has 0 saturated heterocycles. The van der Waals surface area contributed by atoms with Gasteiger partial charge in [0.1, 0.15) is 0 Å². The summed E-state index contributed by atoms with van der Waals surface area (Å²) in [5.74, 6) is -0.0737. The minimum absolute atomic E-state index is 0.0471. The Hall–Kier alpha value is -2.48. The summed E-state index contributed by atoms with van der Waals surface area (Å²) in [6.07, 6.45) is 1.92. The van der Waals surface area contributed by atoms with Gasteiger partial charge in [-0.1, -0.05) is 36.4 Å². The second-order valence-corrected chi connectivity index (χ2v) is 9.95. The summed E-state index contributed by atoms with van der Waals surface area (Å²) in [6, 6.07) is 16.5. The molecule has 0 radical (unpaired) electrons. The first-order valence-corrected chi connectivity index (χ1v) is 11.7. The van der Waals surface area contributed by atoms with Crippen molar-refractivity contribution in [3.05, 3.63) is 76.2 Å². The molecule has 1 atom stereocenters. The van der Waals surface area contributed by atoms with E-state index in [2.05, 4.69) is 18.2 Å². The van der Waals surface area contributed by atoms with Crippen LogP contribution in [0.5, 0.6) is 0 Å². The van der Waals surface area contributed by atoms with E-state index < -0.39 is 10.0 Å². The van der Waals surface area contributed by atoms with Gasteiger partial charge >= 0.3 is 0 Å². The molecule has 1 aliphatic carbocycles. The van der Waals surface area contributed by atoms with Crippen LogP contribution in [-0.4, -0.2) is 26.3 Å². The monoisotopic (exact) mass is 426 g/mol. The summed E-state index contributed by atoms with van der Waals surface area (Å²) < 4.78 is 23.3. The van der Waals surface area contributed by atoms with E-state index in [1.54, 1.807) is 24.1 Å². The zero-order chi connectivity index (χ0) is 20.8. The molecule has 29 heavy (non-hydrogen) atoms. The summed E-state index contributed by atoms with van der Waals surface area (Å²) in [4.78, 5) is 16.7. The van der Waals surface area contributed by atoms with Crippen LogP contribution in [0.2, 0.25) is 0 Å². The first-order chi connectivity index (χ1) is 13.8. The van der Waals surface area contributed by atoms with E-state index in [-0.39, 0.29) is 16.8 Å². The number of nitrogens with two attached hydrogens (primary N) is 1. The number of nitrogens with zero attached hydrogens (tertiary/aromatic N) is 1. The van der Waals surface area contributed by atoms with Crippen molar-refractivity contribution in [1.82, 2.24) is 4.90 Å². The van der Waals surface area contributed by atoms with Crippen LogP contribution in [0.4, 0.5) is 0 Å². The van der Waals surface area contributed by atoms with Crippen molar-refractivity contribution < 1.29 is 13.2 Å². The molecule has 2 N–H and O–H groups in total. The molecule has 150 valence electrons. The molecule has 1 amide bonds. The highest BCUT2D eigenvalue weighted by molar-refractivity contribution is 7.89. The fraction of sp³-hybridized carbons (Fsp3) is 0.227. The molecule has 1 aliphatic rings. The predicted octanol–water partition coefficient (Wildman–Crippen LogP) is 3.99. The number of aryl methyl sites for hydroxylation is 2. The van der Waals surface area contributed by atoms with Gasteiger partial charge in [-0.15, -0.1) is 11.3 Å². The Balaban J connectivity index is 1.62. The van der Waals surface area contributed by atoms with E-state index in [0.717, 1.165) is 18.4 Å². The number of amides is 1. The van der Waals surface area contributed by atoms with Crippen LogP contribution in [0.25, 0.3) is 10.4 Å². The van der Waals surface area contributed by atoms with Crippen molar-refractivity contribution in [2.24, 2.45) is 5.14 Å². The van der Waals surface area contributed by atoms with Gasteiger partial charge in [0.15, 0.2) is 0 Å². The lowest BCUT2D eigenvalue weighted by Crippen LogP contribution is -2.29. The zero-order valence-corrected chi connectivity index (χ0v) is 17.9. The standard InChI is InChI=1S/C22H22N2O3S2/c1-14(16-7-5-8-18(12-16)29(23,26)27)24(2)22(25)20-13-17-11-10-15-6-3-4-9-19(15)21(17)28-20/h3-9,12-14H,10-11H2,1-2H3,(H2,23,26,27). The molecule has 5 nitrogen and oxygen atoms in total. The number of thiophene rings is 1. The van der Waals surface area contributed by atoms with Crippen LogP contribution in [0, 0.1) is 0 Å². The second-order valence-electron chi connectivity index (χ2n) is 7.33. The lowest BCUT2D eigenvalue weighted by Gasteiger charge is -2.25.